The lowest BCUT2D eigenvalue weighted by molar-refractivity contribution is -0.274. The zero-order valence-corrected chi connectivity index (χ0v) is 18.7. The quantitative estimate of drug-likeness (QED) is 0.324. The Labute approximate surface area is 190 Å². The summed E-state index contributed by atoms with van der Waals surface area (Å²) in [7, 11) is 1.66. The molecule has 0 aromatic heterocycles. The molecule has 0 radical (unpaired) electrons. The minimum absolute atomic E-state index is 0. The first kappa shape index (κ1) is 23.9. The Balaban J connectivity index is 0.00000320. The molecule has 2 aromatic rings. The number of nitrogens with two attached hydrogens (primary N) is 1. The van der Waals surface area contributed by atoms with Crippen molar-refractivity contribution in [3.63, 3.8) is 0 Å². The lowest BCUT2D eigenvalue weighted by Gasteiger charge is -2.21. The number of aliphatic imine (C=N–C) groups is 1. The summed E-state index contributed by atoms with van der Waals surface area (Å²) < 4.78 is 45.8. The molecule has 6 nitrogen and oxygen atoms in total. The van der Waals surface area contributed by atoms with Crippen molar-refractivity contribution in [3.8, 4) is 11.5 Å². The molecule has 1 unspecified atom stereocenters. The van der Waals surface area contributed by atoms with E-state index >= 15 is 0 Å². The topological polar surface area (TPSA) is 72.1 Å². The second-order valence-electron chi connectivity index (χ2n) is 6.70. The molecular formula is C20H24F3IN4O2. The maximum Gasteiger partial charge on any atom is 0.573 e. The van der Waals surface area contributed by atoms with Crippen molar-refractivity contribution in [2.24, 2.45) is 16.6 Å². The van der Waals surface area contributed by atoms with E-state index in [1.807, 2.05) is 24.3 Å². The van der Waals surface area contributed by atoms with Crippen molar-refractivity contribution in [2.45, 2.75) is 12.8 Å². The molecule has 3 N–H and O–H groups in total. The van der Waals surface area contributed by atoms with Gasteiger partial charge in [-0.1, -0.05) is 12.1 Å². The third-order valence-corrected chi connectivity index (χ3v) is 4.59. The van der Waals surface area contributed by atoms with Gasteiger partial charge in [0.1, 0.15) is 11.5 Å². The lowest BCUT2D eigenvalue weighted by Crippen LogP contribution is -2.25. The number of benzene rings is 2. The highest BCUT2D eigenvalue weighted by Crippen LogP contribution is 2.32. The van der Waals surface area contributed by atoms with Crippen LogP contribution in [0.4, 0.5) is 24.5 Å². The second kappa shape index (κ2) is 10.6. The van der Waals surface area contributed by atoms with Gasteiger partial charge in [-0.05, 0) is 48.7 Å². The number of para-hydroxylation sites is 2. The van der Waals surface area contributed by atoms with E-state index in [0.717, 1.165) is 30.9 Å². The second-order valence-corrected chi connectivity index (χ2v) is 6.70. The highest BCUT2D eigenvalue weighted by molar-refractivity contribution is 14.0. The van der Waals surface area contributed by atoms with Gasteiger partial charge in [-0.15, -0.1) is 37.1 Å². The van der Waals surface area contributed by atoms with Crippen LogP contribution in [-0.2, 0) is 0 Å². The van der Waals surface area contributed by atoms with Gasteiger partial charge < -0.3 is 25.4 Å². The molecule has 1 saturated heterocycles. The Bertz CT molecular complexity index is 847. The van der Waals surface area contributed by atoms with Crippen molar-refractivity contribution in [1.29, 1.82) is 0 Å². The van der Waals surface area contributed by atoms with Crippen LogP contribution >= 0.6 is 24.0 Å². The molecule has 0 bridgehead atoms. The number of hydrogen-bond donors (Lipinski definition) is 2. The number of halogens is 4. The molecule has 1 atom stereocenters. The number of methoxy groups -OCH3 is 1. The molecule has 0 aliphatic carbocycles. The SMILES string of the molecule is COc1ccccc1N1CCC(CN=C(N)Nc2ccc(OC(F)(F)F)cc2)C1.I. The van der Waals surface area contributed by atoms with Crippen LogP contribution in [0.15, 0.2) is 53.5 Å². The molecule has 30 heavy (non-hydrogen) atoms. The molecule has 2 aromatic carbocycles. The van der Waals surface area contributed by atoms with E-state index in [9.17, 15) is 13.2 Å². The number of anilines is 2. The Morgan fingerprint density at radius 1 is 1.20 bits per heavy atom. The lowest BCUT2D eigenvalue weighted by atomic mass is 10.1. The first-order chi connectivity index (χ1) is 13.8. The van der Waals surface area contributed by atoms with E-state index in [4.69, 9.17) is 10.5 Å². The summed E-state index contributed by atoms with van der Waals surface area (Å²) in [5, 5.41) is 2.87. The first-order valence-corrected chi connectivity index (χ1v) is 9.15. The van der Waals surface area contributed by atoms with Gasteiger partial charge in [0.25, 0.3) is 0 Å². The van der Waals surface area contributed by atoms with Crippen LogP contribution in [0.5, 0.6) is 11.5 Å². The number of nitrogens with zero attached hydrogens (tertiary/aromatic N) is 2. The standard InChI is InChI=1S/C20H23F3N4O2.HI/c1-28-18-5-3-2-4-17(18)27-11-10-14(13-27)12-25-19(24)26-15-6-8-16(9-7-15)29-20(21,22)23;/h2-9,14H,10-13H2,1H3,(H3,24,25,26);1H. The fourth-order valence-corrected chi connectivity index (χ4v) is 3.25. The van der Waals surface area contributed by atoms with Gasteiger partial charge in [0.15, 0.2) is 5.96 Å². The maximum atomic E-state index is 12.2. The van der Waals surface area contributed by atoms with Crippen LogP contribution in [0, 0.1) is 5.92 Å². The number of alkyl halides is 3. The molecule has 1 aliphatic rings. The number of ether oxygens (including phenoxy) is 2. The Kier molecular flexibility index (Phi) is 8.44. The van der Waals surface area contributed by atoms with Crippen LogP contribution in [0.3, 0.4) is 0 Å². The molecule has 0 saturated carbocycles. The smallest absolute Gasteiger partial charge is 0.495 e. The van der Waals surface area contributed by atoms with Crippen molar-refractivity contribution in [2.75, 3.05) is 37.0 Å². The summed E-state index contributed by atoms with van der Waals surface area (Å²) in [5.74, 6) is 1.12. The third kappa shape index (κ3) is 6.85. The first-order valence-electron chi connectivity index (χ1n) is 9.15. The fourth-order valence-electron chi connectivity index (χ4n) is 3.25. The van der Waals surface area contributed by atoms with Gasteiger partial charge in [-0.25, -0.2) is 0 Å². The number of nitrogens with one attached hydrogen (secondary N) is 1. The van der Waals surface area contributed by atoms with Crippen LogP contribution in [0.2, 0.25) is 0 Å². The van der Waals surface area contributed by atoms with Gasteiger partial charge in [-0.3, -0.25) is 4.99 Å². The third-order valence-electron chi connectivity index (χ3n) is 4.59. The van der Waals surface area contributed by atoms with Gasteiger partial charge in [0.05, 0.1) is 12.8 Å². The van der Waals surface area contributed by atoms with Crippen molar-refractivity contribution >= 4 is 41.3 Å². The van der Waals surface area contributed by atoms with E-state index in [1.54, 1.807) is 7.11 Å². The van der Waals surface area contributed by atoms with Gasteiger partial charge in [-0.2, -0.15) is 0 Å². The Morgan fingerprint density at radius 2 is 1.90 bits per heavy atom. The van der Waals surface area contributed by atoms with Crippen molar-refractivity contribution in [3.05, 3.63) is 48.5 Å². The highest BCUT2D eigenvalue weighted by Gasteiger charge is 2.31. The molecule has 3 rings (SSSR count). The van der Waals surface area contributed by atoms with Crippen molar-refractivity contribution < 1.29 is 22.6 Å². The molecule has 1 heterocycles. The highest BCUT2D eigenvalue weighted by atomic mass is 127. The number of hydrogen-bond acceptors (Lipinski definition) is 4. The predicted octanol–water partition coefficient (Wildman–Crippen LogP) is 4.46. The Morgan fingerprint density at radius 3 is 2.57 bits per heavy atom. The monoisotopic (exact) mass is 536 g/mol. The van der Waals surface area contributed by atoms with Crippen LogP contribution < -0.4 is 25.4 Å². The number of rotatable bonds is 6. The van der Waals surface area contributed by atoms with Crippen LogP contribution in [-0.4, -0.2) is 39.1 Å². The van der Waals surface area contributed by atoms with E-state index in [-0.39, 0.29) is 35.7 Å². The van der Waals surface area contributed by atoms with E-state index in [2.05, 4.69) is 19.9 Å². The van der Waals surface area contributed by atoms with Gasteiger partial charge in [0.2, 0.25) is 0 Å². The minimum atomic E-state index is -4.71. The summed E-state index contributed by atoms with van der Waals surface area (Å²) in [4.78, 5) is 6.63. The van der Waals surface area contributed by atoms with E-state index in [0.29, 0.717) is 18.2 Å². The normalized spacial score (nSPS) is 16.7. The zero-order chi connectivity index (χ0) is 20.9. The summed E-state index contributed by atoms with van der Waals surface area (Å²) in [5.41, 5.74) is 7.50. The molecule has 1 aliphatic heterocycles. The maximum absolute atomic E-state index is 12.2. The molecule has 0 spiro atoms. The Hall–Kier alpha value is -2.37. The van der Waals surface area contributed by atoms with E-state index in [1.165, 1.54) is 24.3 Å². The summed E-state index contributed by atoms with van der Waals surface area (Å²) >= 11 is 0. The molecule has 164 valence electrons. The summed E-state index contributed by atoms with van der Waals surface area (Å²) in [6.07, 6.45) is -3.73. The average Bonchev–Trinajstić information content (AvgIpc) is 3.16. The largest absolute Gasteiger partial charge is 0.573 e. The van der Waals surface area contributed by atoms with Crippen molar-refractivity contribution in [1.82, 2.24) is 0 Å². The molecule has 0 amide bonds. The average molecular weight is 536 g/mol. The summed E-state index contributed by atoms with van der Waals surface area (Å²) in [6.45, 7) is 2.31. The fraction of sp³-hybridized carbons (Fsp3) is 0.350. The van der Waals surface area contributed by atoms with E-state index < -0.39 is 6.36 Å². The van der Waals surface area contributed by atoms with Crippen LogP contribution in [0.1, 0.15) is 6.42 Å². The van der Waals surface area contributed by atoms with Gasteiger partial charge in [0, 0.05) is 25.3 Å². The van der Waals surface area contributed by atoms with Gasteiger partial charge >= 0.3 is 6.36 Å². The minimum Gasteiger partial charge on any atom is -0.495 e. The molecule has 1 fully saturated rings. The zero-order valence-electron chi connectivity index (χ0n) is 16.4. The molecular weight excluding hydrogens is 512 g/mol. The molecule has 10 heteroatoms. The van der Waals surface area contributed by atoms with Crippen LogP contribution in [0.25, 0.3) is 0 Å². The predicted molar refractivity (Wildman–Crippen MR) is 122 cm³/mol. The number of guanidine groups is 1. The summed E-state index contributed by atoms with van der Waals surface area (Å²) in [6, 6.07) is 13.2.